The molecule has 4 fully saturated rings. The molecule has 2 aliphatic heterocycles. The number of carbonyl (C=O) groups is 1. The lowest BCUT2D eigenvalue weighted by molar-refractivity contribution is 0.167. The molecule has 2 atom stereocenters. The van der Waals surface area contributed by atoms with Gasteiger partial charge in [0, 0.05) is 32.2 Å². The van der Waals surface area contributed by atoms with Crippen molar-refractivity contribution in [2.75, 3.05) is 31.9 Å². The molecule has 4 rings (SSSR count). The van der Waals surface area contributed by atoms with Crippen LogP contribution in [0, 0.1) is 17.8 Å². The Morgan fingerprint density at radius 3 is 2.43 bits per heavy atom. The molecule has 0 aromatic rings. The topological polar surface area (TPSA) is 69.7 Å². The fourth-order valence-electron chi connectivity index (χ4n) is 4.40. The predicted molar refractivity (Wildman–Crippen MR) is 87.4 cm³/mol. The summed E-state index contributed by atoms with van der Waals surface area (Å²) in [5.41, 5.74) is 0. The van der Waals surface area contributed by atoms with E-state index in [2.05, 4.69) is 5.32 Å². The van der Waals surface area contributed by atoms with E-state index in [9.17, 15) is 13.2 Å². The standard InChI is InChI=1S/C16H27N3O3S/c20-16-17-6-9-19(16)14-3-7-18(8-4-14)23(21,22)10-5-13-11-15(13)12-1-2-12/h12-15H,1-11H2,(H,17,20)/t13-,15+/m1/s1. The van der Waals surface area contributed by atoms with E-state index in [4.69, 9.17) is 0 Å². The van der Waals surface area contributed by atoms with Gasteiger partial charge in [-0.1, -0.05) is 0 Å². The average molecular weight is 341 g/mol. The van der Waals surface area contributed by atoms with Crippen LogP contribution in [0.3, 0.4) is 0 Å². The van der Waals surface area contributed by atoms with Gasteiger partial charge in [-0.25, -0.2) is 17.5 Å². The van der Waals surface area contributed by atoms with Gasteiger partial charge in [-0.15, -0.1) is 0 Å². The second-order valence-corrected chi connectivity index (χ2v) is 9.75. The number of hydrogen-bond acceptors (Lipinski definition) is 3. The summed E-state index contributed by atoms with van der Waals surface area (Å²) in [6.07, 6.45) is 6.36. The highest BCUT2D eigenvalue weighted by molar-refractivity contribution is 7.89. The zero-order valence-corrected chi connectivity index (χ0v) is 14.4. The van der Waals surface area contributed by atoms with Gasteiger partial charge in [-0.05, 0) is 56.3 Å². The second-order valence-electron chi connectivity index (χ2n) is 7.66. The van der Waals surface area contributed by atoms with Gasteiger partial charge in [0.05, 0.1) is 5.75 Å². The summed E-state index contributed by atoms with van der Waals surface area (Å²) in [5, 5.41) is 2.82. The summed E-state index contributed by atoms with van der Waals surface area (Å²) in [6.45, 7) is 2.59. The van der Waals surface area contributed by atoms with Crippen LogP contribution in [0.25, 0.3) is 0 Å². The molecular formula is C16H27N3O3S. The lowest BCUT2D eigenvalue weighted by atomic mass is 10.1. The smallest absolute Gasteiger partial charge is 0.317 e. The van der Waals surface area contributed by atoms with E-state index < -0.39 is 10.0 Å². The van der Waals surface area contributed by atoms with Crippen molar-refractivity contribution in [3.63, 3.8) is 0 Å². The first-order chi connectivity index (χ1) is 11.0. The number of carbonyl (C=O) groups excluding carboxylic acids is 1. The third-order valence-electron chi connectivity index (χ3n) is 6.10. The molecular weight excluding hydrogens is 314 g/mol. The van der Waals surface area contributed by atoms with E-state index >= 15 is 0 Å². The normalized spacial score (nSPS) is 33.0. The second kappa shape index (κ2) is 5.92. The first kappa shape index (κ1) is 15.7. The summed E-state index contributed by atoms with van der Waals surface area (Å²) >= 11 is 0. The first-order valence-electron chi connectivity index (χ1n) is 9.07. The third-order valence-corrected chi connectivity index (χ3v) is 8.00. The molecule has 2 amide bonds. The van der Waals surface area contributed by atoms with E-state index in [1.54, 1.807) is 4.31 Å². The maximum atomic E-state index is 12.5. The van der Waals surface area contributed by atoms with Crippen LogP contribution in [0.15, 0.2) is 0 Å². The quantitative estimate of drug-likeness (QED) is 0.790. The lowest BCUT2D eigenvalue weighted by Crippen LogP contribution is -2.48. The number of sulfonamides is 1. The van der Waals surface area contributed by atoms with Crippen LogP contribution < -0.4 is 5.32 Å². The highest BCUT2D eigenvalue weighted by atomic mass is 32.2. The molecule has 23 heavy (non-hydrogen) atoms. The Bertz CT molecular complexity index is 567. The highest BCUT2D eigenvalue weighted by Crippen LogP contribution is 2.55. The van der Waals surface area contributed by atoms with Crippen molar-refractivity contribution in [1.82, 2.24) is 14.5 Å². The van der Waals surface area contributed by atoms with Gasteiger partial charge in [0.1, 0.15) is 0 Å². The van der Waals surface area contributed by atoms with Crippen LogP contribution in [0.5, 0.6) is 0 Å². The van der Waals surface area contributed by atoms with Crippen LogP contribution >= 0.6 is 0 Å². The van der Waals surface area contributed by atoms with E-state index in [0.29, 0.717) is 31.3 Å². The molecule has 2 saturated heterocycles. The Hall–Kier alpha value is -0.820. The molecule has 6 nitrogen and oxygen atoms in total. The third kappa shape index (κ3) is 3.36. The van der Waals surface area contributed by atoms with Crippen molar-refractivity contribution in [2.45, 2.75) is 44.6 Å². The van der Waals surface area contributed by atoms with Crippen molar-refractivity contribution in [3.8, 4) is 0 Å². The van der Waals surface area contributed by atoms with Crippen molar-refractivity contribution in [3.05, 3.63) is 0 Å². The number of nitrogens with one attached hydrogen (secondary N) is 1. The number of rotatable bonds is 6. The predicted octanol–water partition coefficient (Wildman–Crippen LogP) is 1.24. The van der Waals surface area contributed by atoms with Crippen LogP contribution in [0.4, 0.5) is 4.79 Å². The van der Waals surface area contributed by atoms with Crippen LogP contribution in [0.2, 0.25) is 0 Å². The van der Waals surface area contributed by atoms with Gasteiger partial charge in [-0.2, -0.15) is 0 Å². The molecule has 1 N–H and O–H groups in total. The Kier molecular flexibility index (Phi) is 4.04. The fourth-order valence-corrected chi connectivity index (χ4v) is 6.03. The maximum Gasteiger partial charge on any atom is 0.317 e. The van der Waals surface area contributed by atoms with Gasteiger partial charge >= 0.3 is 6.03 Å². The summed E-state index contributed by atoms with van der Waals surface area (Å²) < 4.78 is 26.7. The van der Waals surface area contributed by atoms with E-state index in [1.807, 2.05) is 4.90 Å². The minimum Gasteiger partial charge on any atom is -0.336 e. The molecule has 2 aliphatic carbocycles. The van der Waals surface area contributed by atoms with E-state index in [-0.39, 0.29) is 12.1 Å². The van der Waals surface area contributed by atoms with Crippen molar-refractivity contribution >= 4 is 16.1 Å². The molecule has 7 heteroatoms. The lowest BCUT2D eigenvalue weighted by Gasteiger charge is -2.35. The zero-order chi connectivity index (χ0) is 16.0. The van der Waals surface area contributed by atoms with Crippen LogP contribution in [0.1, 0.15) is 38.5 Å². The summed E-state index contributed by atoms with van der Waals surface area (Å²) in [5.74, 6) is 2.74. The van der Waals surface area contributed by atoms with Gasteiger partial charge in [-0.3, -0.25) is 0 Å². The zero-order valence-electron chi connectivity index (χ0n) is 13.6. The highest BCUT2D eigenvalue weighted by Gasteiger charge is 2.47. The Morgan fingerprint density at radius 1 is 1.09 bits per heavy atom. The molecule has 0 aromatic carbocycles. The largest absolute Gasteiger partial charge is 0.336 e. The van der Waals surface area contributed by atoms with Crippen molar-refractivity contribution < 1.29 is 13.2 Å². The van der Waals surface area contributed by atoms with Gasteiger partial charge in [0.25, 0.3) is 0 Å². The SMILES string of the molecule is O=C1NCCN1C1CCN(S(=O)(=O)CC[C@@H]2C[C@H]2C2CC2)CC1. The van der Waals surface area contributed by atoms with Crippen LogP contribution in [-0.2, 0) is 10.0 Å². The van der Waals surface area contributed by atoms with Crippen molar-refractivity contribution in [2.24, 2.45) is 17.8 Å². The monoisotopic (exact) mass is 341 g/mol. The van der Waals surface area contributed by atoms with Crippen molar-refractivity contribution in [1.29, 1.82) is 0 Å². The van der Waals surface area contributed by atoms with Crippen LogP contribution in [-0.4, -0.2) is 61.6 Å². The van der Waals surface area contributed by atoms with Gasteiger partial charge in [0.2, 0.25) is 10.0 Å². The molecule has 0 aromatic heterocycles. The van der Waals surface area contributed by atoms with Gasteiger partial charge in [0.15, 0.2) is 0 Å². The molecule has 2 saturated carbocycles. The Balaban J connectivity index is 1.24. The number of amides is 2. The fraction of sp³-hybridized carbons (Fsp3) is 0.938. The molecule has 0 spiro atoms. The molecule has 4 aliphatic rings. The summed E-state index contributed by atoms with van der Waals surface area (Å²) in [4.78, 5) is 13.6. The molecule has 0 radical (unpaired) electrons. The molecule has 0 unspecified atom stereocenters. The number of piperidine rings is 1. The van der Waals surface area contributed by atoms with E-state index in [0.717, 1.165) is 37.6 Å². The Labute approximate surface area is 138 Å². The van der Waals surface area contributed by atoms with E-state index in [1.165, 1.54) is 19.3 Å². The number of nitrogens with zero attached hydrogens (tertiary/aromatic N) is 2. The maximum absolute atomic E-state index is 12.5. The molecule has 2 heterocycles. The molecule has 0 bridgehead atoms. The summed E-state index contributed by atoms with van der Waals surface area (Å²) in [7, 11) is -3.11. The first-order valence-corrected chi connectivity index (χ1v) is 10.7. The minimum absolute atomic E-state index is 0.00570. The average Bonchev–Trinajstić information content (AvgIpc) is 3.43. The summed E-state index contributed by atoms with van der Waals surface area (Å²) in [6, 6.07) is 0.206. The number of hydrogen-bond donors (Lipinski definition) is 1. The minimum atomic E-state index is -3.11. The number of urea groups is 1. The van der Waals surface area contributed by atoms with Gasteiger partial charge < -0.3 is 10.2 Å². The Morgan fingerprint density at radius 2 is 1.83 bits per heavy atom. The molecule has 130 valence electrons.